The first-order valence-electron chi connectivity index (χ1n) is 7.45. The number of fused-ring (bicyclic) bond motifs is 1. The minimum absolute atomic E-state index is 0.286. The van der Waals surface area contributed by atoms with Crippen LogP contribution in [0.2, 0.25) is 0 Å². The average molecular weight is 319 g/mol. The molecule has 0 saturated carbocycles. The number of benzene rings is 1. The van der Waals surface area contributed by atoms with Crippen molar-refractivity contribution in [3.63, 3.8) is 0 Å². The maximum atomic E-state index is 13.3. The SMILES string of the molecule is Cc1c(-c2ccncc2)c(-c2ccc(F)cc2)nc2c1cnn2N. The summed E-state index contributed by atoms with van der Waals surface area (Å²) in [6.07, 6.45) is 5.18. The lowest BCUT2D eigenvalue weighted by molar-refractivity contribution is 0.628. The summed E-state index contributed by atoms with van der Waals surface area (Å²) in [5.74, 6) is 5.59. The smallest absolute Gasteiger partial charge is 0.181 e. The average Bonchev–Trinajstić information content (AvgIpc) is 2.98. The van der Waals surface area contributed by atoms with Crippen LogP contribution in [0.3, 0.4) is 0 Å². The standard InChI is InChI=1S/C18H14FN5/c1-11-15-10-22-24(20)18(15)23-17(13-2-4-14(19)5-3-13)16(11)12-6-8-21-9-7-12/h2-10H,20H2,1H3. The number of aryl methyl sites for hydroxylation is 1. The lowest BCUT2D eigenvalue weighted by Crippen LogP contribution is -2.10. The minimum atomic E-state index is -0.286. The molecule has 0 radical (unpaired) electrons. The Bertz CT molecular complexity index is 1020. The molecular weight excluding hydrogens is 305 g/mol. The van der Waals surface area contributed by atoms with Gasteiger partial charge in [-0.05, 0) is 54.4 Å². The number of hydrogen-bond donors (Lipinski definition) is 1. The van der Waals surface area contributed by atoms with Gasteiger partial charge in [0.1, 0.15) is 5.82 Å². The van der Waals surface area contributed by atoms with E-state index in [1.54, 1.807) is 30.7 Å². The van der Waals surface area contributed by atoms with Gasteiger partial charge in [-0.1, -0.05) is 0 Å². The monoisotopic (exact) mass is 319 g/mol. The number of pyridine rings is 2. The second-order valence-corrected chi connectivity index (χ2v) is 5.53. The maximum absolute atomic E-state index is 13.3. The predicted molar refractivity (Wildman–Crippen MR) is 91.0 cm³/mol. The van der Waals surface area contributed by atoms with Gasteiger partial charge in [0.25, 0.3) is 0 Å². The molecule has 0 atom stereocenters. The number of hydrogen-bond acceptors (Lipinski definition) is 4. The lowest BCUT2D eigenvalue weighted by Gasteiger charge is -2.14. The number of halogens is 1. The first-order chi connectivity index (χ1) is 11.6. The van der Waals surface area contributed by atoms with Crippen LogP contribution in [0.4, 0.5) is 4.39 Å². The second-order valence-electron chi connectivity index (χ2n) is 5.53. The Morgan fingerprint density at radius 3 is 2.42 bits per heavy atom. The van der Waals surface area contributed by atoms with Crippen LogP contribution in [-0.2, 0) is 0 Å². The Kier molecular flexibility index (Phi) is 3.23. The number of aromatic nitrogens is 4. The molecule has 0 amide bonds. The highest BCUT2D eigenvalue weighted by Crippen LogP contribution is 2.36. The quantitative estimate of drug-likeness (QED) is 0.575. The van der Waals surface area contributed by atoms with Crippen molar-refractivity contribution in [1.29, 1.82) is 0 Å². The molecule has 0 aliphatic heterocycles. The predicted octanol–water partition coefficient (Wildman–Crippen LogP) is 3.32. The molecule has 118 valence electrons. The van der Waals surface area contributed by atoms with Crippen LogP contribution in [0.25, 0.3) is 33.4 Å². The molecule has 3 aromatic heterocycles. The van der Waals surface area contributed by atoms with Crippen molar-refractivity contribution in [2.45, 2.75) is 6.92 Å². The van der Waals surface area contributed by atoms with Crippen LogP contribution < -0.4 is 5.84 Å². The van der Waals surface area contributed by atoms with Crippen LogP contribution >= 0.6 is 0 Å². The van der Waals surface area contributed by atoms with Gasteiger partial charge in [-0.15, -0.1) is 0 Å². The van der Waals surface area contributed by atoms with Crippen molar-refractivity contribution >= 4 is 11.0 Å². The Balaban J connectivity index is 2.09. The van der Waals surface area contributed by atoms with E-state index in [9.17, 15) is 4.39 Å². The van der Waals surface area contributed by atoms with E-state index in [0.717, 1.165) is 33.3 Å². The number of nitrogens with zero attached hydrogens (tertiary/aromatic N) is 4. The molecule has 0 spiro atoms. The van der Waals surface area contributed by atoms with E-state index in [1.165, 1.54) is 16.9 Å². The molecule has 1 aromatic carbocycles. The summed E-state index contributed by atoms with van der Waals surface area (Å²) < 4.78 is 13.3. The lowest BCUT2D eigenvalue weighted by atomic mass is 9.94. The van der Waals surface area contributed by atoms with Gasteiger partial charge in [0.15, 0.2) is 5.65 Å². The zero-order valence-corrected chi connectivity index (χ0v) is 12.9. The Morgan fingerprint density at radius 2 is 1.71 bits per heavy atom. The van der Waals surface area contributed by atoms with Crippen molar-refractivity contribution in [2.24, 2.45) is 0 Å². The molecule has 24 heavy (non-hydrogen) atoms. The molecule has 0 saturated heterocycles. The molecule has 4 rings (SSSR count). The summed E-state index contributed by atoms with van der Waals surface area (Å²) in [6, 6.07) is 10.1. The van der Waals surface area contributed by atoms with E-state index >= 15 is 0 Å². The zero-order valence-electron chi connectivity index (χ0n) is 12.9. The van der Waals surface area contributed by atoms with Gasteiger partial charge in [0.05, 0.1) is 11.9 Å². The van der Waals surface area contributed by atoms with E-state index in [1.807, 2.05) is 19.1 Å². The van der Waals surface area contributed by atoms with E-state index < -0.39 is 0 Å². The number of nitrogen functional groups attached to an aromatic ring is 1. The summed E-state index contributed by atoms with van der Waals surface area (Å²) in [5, 5.41) is 4.98. The van der Waals surface area contributed by atoms with Crippen molar-refractivity contribution in [3.05, 3.63) is 66.4 Å². The molecule has 5 nitrogen and oxygen atoms in total. The second kappa shape index (κ2) is 5.42. The molecule has 0 unspecified atom stereocenters. The molecule has 4 aromatic rings. The van der Waals surface area contributed by atoms with E-state index in [4.69, 9.17) is 10.8 Å². The Labute approximate surface area is 137 Å². The van der Waals surface area contributed by atoms with Crippen LogP contribution in [0.15, 0.2) is 55.0 Å². The first-order valence-corrected chi connectivity index (χ1v) is 7.45. The van der Waals surface area contributed by atoms with Crippen molar-refractivity contribution in [2.75, 3.05) is 5.84 Å². The van der Waals surface area contributed by atoms with Crippen molar-refractivity contribution in [3.8, 4) is 22.4 Å². The number of rotatable bonds is 2. The first kappa shape index (κ1) is 14.3. The Morgan fingerprint density at radius 1 is 1.00 bits per heavy atom. The summed E-state index contributed by atoms with van der Waals surface area (Å²) in [5.41, 5.74) is 5.10. The molecular formula is C18H14FN5. The van der Waals surface area contributed by atoms with Crippen molar-refractivity contribution < 1.29 is 4.39 Å². The highest BCUT2D eigenvalue weighted by atomic mass is 19.1. The molecule has 0 bridgehead atoms. The fourth-order valence-corrected chi connectivity index (χ4v) is 2.89. The summed E-state index contributed by atoms with van der Waals surface area (Å²) in [7, 11) is 0. The van der Waals surface area contributed by atoms with Gasteiger partial charge >= 0.3 is 0 Å². The molecule has 0 fully saturated rings. The van der Waals surface area contributed by atoms with Gasteiger partial charge in [0, 0.05) is 28.9 Å². The van der Waals surface area contributed by atoms with Gasteiger partial charge in [-0.25, -0.2) is 9.37 Å². The number of nitrogens with two attached hydrogens (primary N) is 1. The fourth-order valence-electron chi connectivity index (χ4n) is 2.89. The van der Waals surface area contributed by atoms with Gasteiger partial charge in [-0.2, -0.15) is 9.89 Å². The van der Waals surface area contributed by atoms with Gasteiger partial charge in [0.2, 0.25) is 0 Å². The van der Waals surface area contributed by atoms with Crippen LogP contribution in [0.1, 0.15) is 5.56 Å². The van der Waals surface area contributed by atoms with Gasteiger partial charge < -0.3 is 5.84 Å². The van der Waals surface area contributed by atoms with E-state index in [2.05, 4.69) is 10.1 Å². The normalized spacial score (nSPS) is 11.1. The molecule has 3 heterocycles. The van der Waals surface area contributed by atoms with Gasteiger partial charge in [-0.3, -0.25) is 4.98 Å². The molecule has 6 heteroatoms. The van der Waals surface area contributed by atoms with Crippen molar-refractivity contribution in [1.82, 2.24) is 19.9 Å². The molecule has 0 aliphatic rings. The van der Waals surface area contributed by atoms with E-state index in [0.29, 0.717) is 5.65 Å². The molecule has 2 N–H and O–H groups in total. The third kappa shape index (κ3) is 2.20. The summed E-state index contributed by atoms with van der Waals surface area (Å²) >= 11 is 0. The van der Waals surface area contributed by atoms with Crippen LogP contribution in [0.5, 0.6) is 0 Å². The highest BCUT2D eigenvalue weighted by Gasteiger charge is 2.18. The fraction of sp³-hybridized carbons (Fsp3) is 0.0556. The minimum Gasteiger partial charge on any atom is -0.321 e. The van der Waals surface area contributed by atoms with Crippen LogP contribution in [0, 0.1) is 12.7 Å². The third-order valence-corrected chi connectivity index (χ3v) is 4.09. The Hall–Kier alpha value is -3.28. The zero-order chi connectivity index (χ0) is 16.7. The van der Waals surface area contributed by atoms with E-state index in [-0.39, 0.29) is 5.82 Å². The maximum Gasteiger partial charge on any atom is 0.181 e. The molecule has 0 aliphatic carbocycles. The third-order valence-electron chi connectivity index (χ3n) is 4.09. The topological polar surface area (TPSA) is 69.6 Å². The largest absolute Gasteiger partial charge is 0.321 e. The van der Waals surface area contributed by atoms with Crippen LogP contribution in [-0.4, -0.2) is 19.9 Å². The summed E-state index contributed by atoms with van der Waals surface area (Å²) in [6.45, 7) is 2.01. The summed E-state index contributed by atoms with van der Waals surface area (Å²) in [4.78, 5) is 10.0. The highest BCUT2D eigenvalue weighted by molar-refractivity contribution is 5.94.